The number of benzene rings is 2. The molecular formula is C28H34O7. The third-order valence-corrected chi connectivity index (χ3v) is 6.41. The molecule has 0 aliphatic heterocycles. The number of rotatable bonds is 11. The second-order valence-electron chi connectivity index (χ2n) is 8.82. The molecule has 0 N–H and O–H groups in total. The lowest BCUT2D eigenvalue weighted by Crippen LogP contribution is -2.46. The molecule has 0 amide bonds. The Labute approximate surface area is 206 Å². The molecule has 35 heavy (non-hydrogen) atoms. The fourth-order valence-corrected chi connectivity index (χ4v) is 4.62. The number of carbonyl (C=O) groups excluding carboxylic acids is 3. The second-order valence-corrected chi connectivity index (χ2v) is 8.82. The standard InChI is InChI=1S/C28H34O7/c1-19(29)23(34-27(30)25(32-2)21-15-9-5-10-16-21)24(20-13-7-4-8-14-20)35-28(31)26(33-3)22-17-11-6-12-18-22/h5-6,9-12,15-18,20,23-26H,4,7-8,13-14H2,1-3H3/t23-,24+,25+,26+/m1/s1. The summed E-state index contributed by atoms with van der Waals surface area (Å²) in [6, 6.07) is 17.9. The molecule has 7 nitrogen and oxygen atoms in total. The number of Topliss-reactive ketones (excluding diaryl/α,β-unsaturated/α-hetero) is 1. The number of hydrogen-bond donors (Lipinski definition) is 0. The fourth-order valence-electron chi connectivity index (χ4n) is 4.62. The first-order chi connectivity index (χ1) is 17.0. The predicted octanol–water partition coefficient (Wildman–Crippen LogP) is 4.75. The van der Waals surface area contributed by atoms with E-state index in [9.17, 15) is 14.4 Å². The number of hydrogen-bond acceptors (Lipinski definition) is 7. The lowest BCUT2D eigenvalue weighted by atomic mass is 9.82. The molecule has 188 valence electrons. The number of methoxy groups -OCH3 is 2. The van der Waals surface area contributed by atoms with Crippen molar-refractivity contribution in [3.8, 4) is 0 Å². The Kier molecular flexibility index (Phi) is 9.99. The Bertz CT molecular complexity index is 954. The molecule has 2 aromatic carbocycles. The lowest BCUT2D eigenvalue weighted by Gasteiger charge is -2.35. The van der Waals surface area contributed by atoms with Crippen molar-refractivity contribution in [3.05, 3.63) is 71.8 Å². The van der Waals surface area contributed by atoms with Crippen LogP contribution in [-0.4, -0.2) is 44.1 Å². The zero-order valence-electron chi connectivity index (χ0n) is 20.6. The van der Waals surface area contributed by atoms with E-state index >= 15 is 0 Å². The largest absolute Gasteiger partial charge is 0.455 e. The first kappa shape index (κ1) is 26.6. The Morgan fingerprint density at radius 1 is 0.714 bits per heavy atom. The molecule has 1 fully saturated rings. The molecule has 2 aromatic rings. The summed E-state index contributed by atoms with van der Waals surface area (Å²) >= 11 is 0. The topological polar surface area (TPSA) is 88.1 Å². The molecule has 0 unspecified atom stereocenters. The van der Waals surface area contributed by atoms with Crippen molar-refractivity contribution in [2.24, 2.45) is 5.92 Å². The SMILES string of the molecule is CO[C@H](C(=O)O[C@H](C(C)=O)[C@@H](OC(=O)[C@@H](OC)c1ccccc1)C1CCCCC1)c1ccccc1. The van der Waals surface area contributed by atoms with Gasteiger partial charge in [0.1, 0.15) is 6.10 Å². The van der Waals surface area contributed by atoms with Gasteiger partial charge in [-0.15, -0.1) is 0 Å². The lowest BCUT2D eigenvalue weighted by molar-refractivity contribution is -0.187. The van der Waals surface area contributed by atoms with Gasteiger partial charge >= 0.3 is 11.9 Å². The van der Waals surface area contributed by atoms with Crippen molar-refractivity contribution in [2.45, 2.75) is 63.4 Å². The van der Waals surface area contributed by atoms with E-state index < -0.39 is 42.1 Å². The minimum absolute atomic E-state index is 0.111. The highest BCUT2D eigenvalue weighted by atomic mass is 16.6. The molecule has 0 heterocycles. The van der Waals surface area contributed by atoms with Gasteiger partial charge in [0.05, 0.1) is 0 Å². The van der Waals surface area contributed by atoms with Crippen LogP contribution >= 0.6 is 0 Å². The van der Waals surface area contributed by atoms with Crippen molar-refractivity contribution in [1.29, 1.82) is 0 Å². The maximum atomic E-state index is 13.2. The summed E-state index contributed by atoms with van der Waals surface area (Å²) < 4.78 is 22.5. The average Bonchev–Trinajstić information content (AvgIpc) is 2.88. The smallest absolute Gasteiger partial charge is 0.340 e. The third kappa shape index (κ3) is 6.99. The second kappa shape index (κ2) is 13.2. The Morgan fingerprint density at radius 2 is 1.17 bits per heavy atom. The summed E-state index contributed by atoms with van der Waals surface area (Å²) in [7, 11) is 2.84. The molecule has 0 saturated heterocycles. The van der Waals surface area contributed by atoms with Gasteiger partial charge in [-0.25, -0.2) is 9.59 Å². The van der Waals surface area contributed by atoms with Gasteiger partial charge in [-0.2, -0.15) is 0 Å². The molecule has 1 saturated carbocycles. The van der Waals surface area contributed by atoms with E-state index in [1.165, 1.54) is 21.1 Å². The fraction of sp³-hybridized carbons (Fsp3) is 0.464. The van der Waals surface area contributed by atoms with Crippen molar-refractivity contribution in [3.63, 3.8) is 0 Å². The van der Waals surface area contributed by atoms with Crippen LogP contribution < -0.4 is 0 Å². The van der Waals surface area contributed by atoms with Crippen molar-refractivity contribution in [1.82, 2.24) is 0 Å². The summed E-state index contributed by atoms with van der Waals surface area (Å²) in [5, 5.41) is 0. The van der Waals surface area contributed by atoms with E-state index in [4.69, 9.17) is 18.9 Å². The molecule has 0 aromatic heterocycles. The molecule has 1 aliphatic rings. The van der Waals surface area contributed by atoms with Crippen LogP contribution in [0.3, 0.4) is 0 Å². The van der Waals surface area contributed by atoms with Crippen molar-refractivity contribution >= 4 is 17.7 Å². The highest BCUT2D eigenvalue weighted by Crippen LogP contribution is 2.33. The quantitative estimate of drug-likeness (QED) is 0.427. The first-order valence-electron chi connectivity index (χ1n) is 12.0. The Morgan fingerprint density at radius 3 is 1.60 bits per heavy atom. The predicted molar refractivity (Wildman–Crippen MR) is 129 cm³/mol. The van der Waals surface area contributed by atoms with Crippen LogP contribution in [0.4, 0.5) is 0 Å². The van der Waals surface area contributed by atoms with Gasteiger partial charge in [0.25, 0.3) is 0 Å². The minimum atomic E-state index is -1.25. The highest BCUT2D eigenvalue weighted by Gasteiger charge is 2.41. The monoisotopic (exact) mass is 482 g/mol. The highest BCUT2D eigenvalue weighted by molar-refractivity contribution is 5.86. The summed E-state index contributed by atoms with van der Waals surface area (Å²) in [4.78, 5) is 39.1. The zero-order chi connectivity index (χ0) is 25.2. The summed E-state index contributed by atoms with van der Waals surface area (Å²) in [5.74, 6) is -1.83. The Balaban J connectivity index is 1.85. The minimum Gasteiger partial charge on any atom is -0.455 e. The molecule has 1 aliphatic carbocycles. The van der Waals surface area contributed by atoms with Gasteiger partial charge in [0.2, 0.25) is 0 Å². The van der Waals surface area contributed by atoms with E-state index in [0.717, 1.165) is 32.1 Å². The molecule has 4 atom stereocenters. The van der Waals surface area contributed by atoms with Crippen molar-refractivity contribution < 1.29 is 33.3 Å². The molecule has 0 radical (unpaired) electrons. The van der Waals surface area contributed by atoms with Gasteiger partial charge in [-0.05, 0) is 30.9 Å². The average molecular weight is 483 g/mol. The van der Waals surface area contributed by atoms with E-state index in [1.54, 1.807) is 36.4 Å². The number of carbonyl (C=O) groups is 3. The number of esters is 2. The maximum absolute atomic E-state index is 13.2. The number of ether oxygens (including phenoxy) is 4. The maximum Gasteiger partial charge on any atom is 0.340 e. The molecule has 3 rings (SSSR count). The molecule has 7 heteroatoms. The van der Waals surface area contributed by atoms with Crippen molar-refractivity contribution in [2.75, 3.05) is 14.2 Å². The summed E-state index contributed by atoms with van der Waals surface area (Å²) in [6.07, 6.45) is 0.402. The van der Waals surface area contributed by atoms with Crippen LogP contribution in [-0.2, 0) is 33.3 Å². The van der Waals surface area contributed by atoms with Gasteiger partial charge < -0.3 is 18.9 Å². The number of ketones is 1. The summed E-state index contributed by atoms with van der Waals surface area (Å²) in [6.45, 7) is 1.34. The van der Waals surface area contributed by atoms with Crippen LogP contribution in [0.2, 0.25) is 0 Å². The van der Waals surface area contributed by atoms with Crippen LogP contribution in [0.15, 0.2) is 60.7 Å². The first-order valence-corrected chi connectivity index (χ1v) is 12.0. The Hall–Kier alpha value is -3.03. The molecule has 0 bridgehead atoms. The van der Waals surface area contributed by atoms with Crippen LogP contribution in [0.5, 0.6) is 0 Å². The van der Waals surface area contributed by atoms with Gasteiger partial charge in [-0.3, -0.25) is 4.79 Å². The molecule has 0 spiro atoms. The third-order valence-electron chi connectivity index (χ3n) is 6.41. The molecular weight excluding hydrogens is 448 g/mol. The van der Waals surface area contributed by atoms with E-state index in [0.29, 0.717) is 11.1 Å². The van der Waals surface area contributed by atoms with Gasteiger partial charge in [-0.1, -0.05) is 79.9 Å². The summed E-state index contributed by atoms with van der Waals surface area (Å²) in [5.41, 5.74) is 1.25. The van der Waals surface area contributed by atoms with Crippen LogP contribution in [0.25, 0.3) is 0 Å². The van der Waals surface area contributed by atoms with Gasteiger partial charge in [0, 0.05) is 20.1 Å². The van der Waals surface area contributed by atoms with Gasteiger partial charge in [0.15, 0.2) is 24.1 Å². The van der Waals surface area contributed by atoms with E-state index in [-0.39, 0.29) is 5.92 Å². The van der Waals surface area contributed by atoms with Crippen LogP contribution in [0, 0.1) is 5.92 Å². The van der Waals surface area contributed by atoms with E-state index in [2.05, 4.69) is 0 Å². The normalized spacial score (nSPS) is 17.6. The zero-order valence-corrected chi connectivity index (χ0v) is 20.6. The van der Waals surface area contributed by atoms with Crippen LogP contribution in [0.1, 0.15) is 62.4 Å². The van der Waals surface area contributed by atoms with E-state index in [1.807, 2.05) is 24.3 Å².